The Hall–Kier alpha value is -2.38. The molecule has 1 aliphatic heterocycles. The van der Waals surface area contributed by atoms with Gasteiger partial charge in [-0.2, -0.15) is 8.78 Å². The number of hydrogen-bond donors (Lipinski definition) is 0. The van der Waals surface area contributed by atoms with Crippen molar-refractivity contribution < 1.29 is 32.6 Å². The number of esters is 1. The Morgan fingerprint density at radius 2 is 1.85 bits per heavy atom. The van der Waals surface area contributed by atoms with Crippen LogP contribution in [0.4, 0.5) is 8.78 Å². The maximum Gasteiger partial charge on any atom is 0.387 e. The van der Waals surface area contributed by atoms with Crippen LogP contribution in [0.2, 0.25) is 0 Å². The predicted molar refractivity (Wildman–Crippen MR) is 89.4 cm³/mol. The molecule has 0 bridgehead atoms. The van der Waals surface area contributed by atoms with Crippen LogP contribution in [0, 0.1) is 11.8 Å². The molecule has 1 fully saturated rings. The maximum absolute atomic E-state index is 12.3. The van der Waals surface area contributed by atoms with Crippen LogP contribution in [-0.2, 0) is 9.53 Å². The summed E-state index contributed by atoms with van der Waals surface area (Å²) in [5, 5.41) is 0. The fourth-order valence-corrected chi connectivity index (χ4v) is 3.16. The second-order valence-corrected chi connectivity index (χ2v) is 6.57. The summed E-state index contributed by atoms with van der Waals surface area (Å²) in [6.07, 6.45) is 1.07. The highest BCUT2D eigenvalue weighted by Crippen LogP contribution is 2.29. The second-order valence-electron chi connectivity index (χ2n) is 6.57. The third-order valence-electron chi connectivity index (χ3n) is 4.16. The third-order valence-corrected chi connectivity index (χ3v) is 4.16. The van der Waals surface area contributed by atoms with Gasteiger partial charge in [0.2, 0.25) is 0 Å². The van der Waals surface area contributed by atoms with Crippen LogP contribution in [0.15, 0.2) is 18.2 Å². The van der Waals surface area contributed by atoms with Crippen LogP contribution in [0.3, 0.4) is 0 Å². The van der Waals surface area contributed by atoms with Gasteiger partial charge < -0.3 is 19.1 Å². The number of alkyl halides is 2. The molecule has 1 aromatic carbocycles. The number of benzene rings is 1. The lowest BCUT2D eigenvalue weighted by Gasteiger charge is -2.34. The van der Waals surface area contributed by atoms with Gasteiger partial charge in [0.15, 0.2) is 18.1 Å². The first-order chi connectivity index (χ1) is 12.3. The van der Waals surface area contributed by atoms with Gasteiger partial charge in [-0.3, -0.25) is 4.79 Å². The Labute approximate surface area is 151 Å². The van der Waals surface area contributed by atoms with Gasteiger partial charge in [0.1, 0.15) is 0 Å². The molecule has 144 valence electrons. The van der Waals surface area contributed by atoms with Crippen molar-refractivity contribution >= 4 is 11.9 Å². The summed E-state index contributed by atoms with van der Waals surface area (Å²) in [5.74, 6) is -0.383. The van der Waals surface area contributed by atoms with Crippen molar-refractivity contribution in [2.45, 2.75) is 26.9 Å². The second kappa shape index (κ2) is 8.82. The minimum atomic E-state index is -3.01. The lowest BCUT2D eigenvalue weighted by molar-refractivity contribution is -0.137. The smallest absolute Gasteiger partial charge is 0.387 e. The zero-order valence-electron chi connectivity index (χ0n) is 15.0. The van der Waals surface area contributed by atoms with Gasteiger partial charge in [-0.1, -0.05) is 13.8 Å². The van der Waals surface area contributed by atoms with Crippen LogP contribution in [0.5, 0.6) is 11.5 Å². The van der Waals surface area contributed by atoms with Crippen LogP contribution in [0.1, 0.15) is 30.6 Å². The average molecular weight is 371 g/mol. The molecule has 0 saturated carbocycles. The monoisotopic (exact) mass is 371 g/mol. The molecule has 2 atom stereocenters. The summed E-state index contributed by atoms with van der Waals surface area (Å²) in [4.78, 5) is 26.1. The summed E-state index contributed by atoms with van der Waals surface area (Å²) in [6, 6.07) is 3.70. The first kappa shape index (κ1) is 19.9. The molecule has 1 heterocycles. The fraction of sp³-hybridized carbons (Fsp3) is 0.556. The number of carbonyl (C=O) groups is 2. The summed E-state index contributed by atoms with van der Waals surface area (Å²) >= 11 is 0. The van der Waals surface area contributed by atoms with Crippen LogP contribution in [-0.4, -0.2) is 50.2 Å². The Morgan fingerprint density at radius 1 is 1.19 bits per heavy atom. The summed E-state index contributed by atoms with van der Waals surface area (Å²) < 4.78 is 38.9. The highest BCUT2D eigenvalue weighted by atomic mass is 19.3. The largest absolute Gasteiger partial charge is 0.493 e. The number of amides is 1. The summed E-state index contributed by atoms with van der Waals surface area (Å²) in [7, 11) is 1.27. The highest BCUT2D eigenvalue weighted by molar-refractivity contribution is 5.92. The summed E-state index contributed by atoms with van der Waals surface area (Å²) in [6.45, 7) is 2.08. The van der Waals surface area contributed by atoms with Crippen molar-refractivity contribution in [3.8, 4) is 11.5 Å². The molecule has 0 aliphatic carbocycles. The Bertz CT molecular complexity index is 642. The van der Waals surface area contributed by atoms with E-state index in [0.717, 1.165) is 6.42 Å². The minimum absolute atomic E-state index is 0.0234. The van der Waals surface area contributed by atoms with Crippen LogP contribution < -0.4 is 9.47 Å². The lowest BCUT2D eigenvalue weighted by Crippen LogP contribution is -2.44. The molecule has 1 amide bonds. The van der Waals surface area contributed by atoms with Gasteiger partial charge >= 0.3 is 12.6 Å². The number of halogens is 2. The molecule has 6 nitrogen and oxygen atoms in total. The van der Waals surface area contributed by atoms with Crippen molar-refractivity contribution in [2.24, 2.45) is 11.8 Å². The predicted octanol–water partition coefficient (Wildman–Crippen LogP) is 2.96. The Kier molecular flexibility index (Phi) is 6.76. The highest BCUT2D eigenvalue weighted by Gasteiger charge is 2.26. The fourth-order valence-electron chi connectivity index (χ4n) is 3.16. The molecule has 0 unspecified atom stereocenters. The van der Waals surface area contributed by atoms with Gasteiger partial charge in [0.05, 0.1) is 12.7 Å². The van der Waals surface area contributed by atoms with E-state index in [-0.39, 0.29) is 29.6 Å². The first-order valence-corrected chi connectivity index (χ1v) is 8.38. The number of carbonyl (C=O) groups excluding carboxylic acids is 2. The van der Waals surface area contributed by atoms with Gasteiger partial charge in [-0.25, -0.2) is 4.79 Å². The maximum atomic E-state index is 12.3. The molecule has 1 saturated heterocycles. The standard InChI is InChI=1S/C18H23F2NO5/c1-11-6-12(2)9-21(8-11)16(22)10-25-17(23)13-4-5-14(26-18(19)20)15(7-13)24-3/h4-5,7,11-12,18H,6,8-10H2,1-3H3/t11-,12-/m0/s1. The molecule has 1 aromatic rings. The van der Waals surface area contributed by atoms with E-state index in [1.54, 1.807) is 4.90 Å². The molecule has 26 heavy (non-hydrogen) atoms. The van der Waals surface area contributed by atoms with E-state index in [2.05, 4.69) is 18.6 Å². The number of likely N-dealkylation sites (tertiary alicyclic amines) is 1. The average Bonchev–Trinajstić information content (AvgIpc) is 2.58. The topological polar surface area (TPSA) is 65.1 Å². The van der Waals surface area contributed by atoms with Crippen molar-refractivity contribution in [1.29, 1.82) is 0 Å². The Morgan fingerprint density at radius 3 is 2.42 bits per heavy atom. The first-order valence-electron chi connectivity index (χ1n) is 8.38. The molecule has 0 N–H and O–H groups in total. The van der Waals surface area contributed by atoms with E-state index in [1.165, 1.54) is 25.3 Å². The molecule has 2 rings (SSSR count). The van der Waals surface area contributed by atoms with Crippen molar-refractivity contribution in [3.05, 3.63) is 23.8 Å². The zero-order chi connectivity index (χ0) is 19.3. The van der Waals surface area contributed by atoms with E-state index in [9.17, 15) is 18.4 Å². The number of hydrogen-bond acceptors (Lipinski definition) is 5. The van der Waals surface area contributed by atoms with Crippen LogP contribution in [0.25, 0.3) is 0 Å². The van der Waals surface area contributed by atoms with E-state index >= 15 is 0 Å². The van der Waals surface area contributed by atoms with Crippen molar-refractivity contribution in [2.75, 3.05) is 26.8 Å². The van der Waals surface area contributed by atoms with Crippen molar-refractivity contribution in [1.82, 2.24) is 4.90 Å². The molecular formula is C18H23F2NO5. The molecule has 1 aliphatic rings. The lowest BCUT2D eigenvalue weighted by atomic mass is 9.92. The summed E-state index contributed by atoms with van der Waals surface area (Å²) in [5.41, 5.74) is 0.0802. The molecule has 0 radical (unpaired) electrons. The van der Waals surface area contributed by atoms with Gasteiger partial charge in [0, 0.05) is 13.1 Å². The molecule has 0 aromatic heterocycles. The SMILES string of the molecule is COc1cc(C(=O)OCC(=O)N2C[C@@H](C)C[C@H](C)C2)ccc1OC(F)F. The normalized spacial score (nSPS) is 20.0. The quantitative estimate of drug-likeness (QED) is 0.720. The number of ether oxygens (including phenoxy) is 3. The number of nitrogens with zero attached hydrogens (tertiary/aromatic N) is 1. The van der Waals surface area contributed by atoms with E-state index in [0.29, 0.717) is 24.9 Å². The number of rotatable bonds is 6. The molecular weight excluding hydrogens is 348 g/mol. The van der Waals surface area contributed by atoms with Gasteiger partial charge in [0.25, 0.3) is 5.91 Å². The molecule has 8 heteroatoms. The third kappa shape index (κ3) is 5.31. The van der Waals surface area contributed by atoms with E-state index in [1.807, 2.05) is 0 Å². The van der Waals surface area contributed by atoms with Crippen molar-refractivity contribution in [3.63, 3.8) is 0 Å². The van der Waals surface area contributed by atoms with Gasteiger partial charge in [-0.15, -0.1) is 0 Å². The van der Waals surface area contributed by atoms with Crippen LogP contribution >= 0.6 is 0 Å². The van der Waals surface area contributed by atoms with Gasteiger partial charge in [-0.05, 0) is 36.5 Å². The number of piperidine rings is 1. The minimum Gasteiger partial charge on any atom is -0.493 e. The zero-order valence-corrected chi connectivity index (χ0v) is 15.0. The van der Waals surface area contributed by atoms with E-state index < -0.39 is 12.6 Å². The van der Waals surface area contributed by atoms with E-state index in [4.69, 9.17) is 9.47 Å². The Balaban J connectivity index is 1.96. The number of methoxy groups -OCH3 is 1. The molecule has 0 spiro atoms.